The van der Waals surface area contributed by atoms with Gasteiger partial charge in [-0.15, -0.1) is 0 Å². The first-order chi connectivity index (χ1) is 7.67. The maximum Gasteiger partial charge on any atom is 0.326 e. The smallest absolute Gasteiger partial charge is 0.319 e. The molecule has 0 radical (unpaired) electrons. The second kappa shape index (κ2) is 4.85. The number of nitrogens with two attached hydrogens (primary N) is 1. The van der Waals surface area contributed by atoms with Gasteiger partial charge in [-0.2, -0.15) is 8.78 Å². The van der Waals surface area contributed by atoms with Crippen molar-refractivity contribution >= 4 is 15.9 Å². The molecule has 0 fully saturated rings. The molecule has 0 saturated carbocycles. The van der Waals surface area contributed by atoms with Gasteiger partial charge in [0, 0.05) is 5.56 Å². The Bertz CT molecular complexity index is 422. The lowest BCUT2D eigenvalue weighted by Gasteiger charge is -2.23. The Hall–Kier alpha value is -0.760. The van der Waals surface area contributed by atoms with Gasteiger partial charge in [-0.05, 0) is 28.1 Å². The van der Waals surface area contributed by atoms with Crippen LogP contribution in [0.25, 0.3) is 0 Å². The molecule has 0 aliphatic heterocycles. The zero-order valence-electron chi connectivity index (χ0n) is 8.03. The van der Waals surface area contributed by atoms with Crippen molar-refractivity contribution in [3.8, 4) is 0 Å². The summed E-state index contributed by atoms with van der Waals surface area (Å²) in [6.45, 7) is 0. The zero-order valence-corrected chi connectivity index (χ0v) is 9.62. The van der Waals surface area contributed by atoms with E-state index in [9.17, 15) is 26.3 Å². The van der Waals surface area contributed by atoms with Crippen LogP contribution in [0.3, 0.4) is 0 Å². The van der Waals surface area contributed by atoms with Crippen molar-refractivity contribution in [1.29, 1.82) is 0 Å². The van der Waals surface area contributed by atoms with Crippen LogP contribution in [-0.4, -0.2) is 12.3 Å². The molecule has 1 rings (SSSR count). The summed E-state index contributed by atoms with van der Waals surface area (Å²) in [5, 5.41) is 0. The van der Waals surface area contributed by atoms with Crippen LogP contribution in [0.15, 0.2) is 16.6 Å². The Morgan fingerprint density at radius 2 is 1.65 bits per heavy atom. The predicted molar refractivity (Wildman–Crippen MR) is 51.9 cm³/mol. The minimum absolute atomic E-state index is 0.314. The lowest BCUT2D eigenvalue weighted by atomic mass is 10.0. The van der Waals surface area contributed by atoms with Crippen LogP contribution in [0.1, 0.15) is 11.6 Å². The van der Waals surface area contributed by atoms with Crippen molar-refractivity contribution in [1.82, 2.24) is 0 Å². The van der Waals surface area contributed by atoms with Crippen molar-refractivity contribution < 1.29 is 26.3 Å². The largest absolute Gasteiger partial charge is 0.326 e. The lowest BCUT2D eigenvalue weighted by molar-refractivity contribution is -0.145. The summed E-state index contributed by atoms with van der Waals surface area (Å²) in [6, 6.07) is -1.71. The van der Waals surface area contributed by atoms with E-state index >= 15 is 0 Å². The highest BCUT2D eigenvalue weighted by molar-refractivity contribution is 9.10. The number of halogens is 7. The summed E-state index contributed by atoms with van der Waals surface area (Å²) in [7, 11) is 0. The average Bonchev–Trinajstić information content (AvgIpc) is 2.22. The molecule has 0 aliphatic carbocycles. The SMILES string of the molecule is NC(c1cc(F)c(Br)cc1F)C(F)(F)C(F)F. The van der Waals surface area contributed by atoms with Gasteiger partial charge in [-0.3, -0.25) is 0 Å². The molecule has 96 valence electrons. The third-order valence-corrected chi connectivity index (χ3v) is 2.69. The second-order valence-corrected chi connectivity index (χ2v) is 4.10. The van der Waals surface area contributed by atoms with E-state index in [1.807, 2.05) is 0 Å². The van der Waals surface area contributed by atoms with Gasteiger partial charge < -0.3 is 5.73 Å². The monoisotopic (exact) mass is 321 g/mol. The Kier molecular flexibility index (Phi) is 4.08. The highest BCUT2D eigenvalue weighted by Gasteiger charge is 2.48. The van der Waals surface area contributed by atoms with Crippen LogP contribution in [-0.2, 0) is 0 Å². The standard InChI is InChI=1S/C9H6BrF6N/c10-4-2-5(11)3(1-6(4)12)7(17)9(15,16)8(13)14/h1-2,7-8H,17H2. The predicted octanol–water partition coefficient (Wildman–Crippen LogP) is 3.63. The van der Waals surface area contributed by atoms with Gasteiger partial charge in [0.1, 0.15) is 17.7 Å². The van der Waals surface area contributed by atoms with Crippen molar-refractivity contribution in [3.05, 3.63) is 33.8 Å². The molecule has 0 heterocycles. The first-order valence-electron chi connectivity index (χ1n) is 4.24. The van der Waals surface area contributed by atoms with Crippen molar-refractivity contribution in [2.45, 2.75) is 18.4 Å². The molecule has 8 heteroatoms. The number of rotatable bonds is 3. The molecular weight excluding hydrogens is 316 g/mol. The third-order valence-electron chi connectivity index (χ3n) is 2.08. The Morgan fingerprint density at radius 1 is 1.12 bits per heavy atom. The molecule has 1 unspecified atom stereocenters. The highest BCUT2D eigenvalue weighted by Crippen LogP contribution is 2.36. The molecule has 1 nitrogen and oxygen atoms in total. The molecule has 0 saturated heterocycles. The third kappa shape index (κ3) is 2.74. The molecular formula is C9H6BrF6N. The van der Waals surface area contributed by atoms with Crippen molar-refractivity contribution in [3.63, 3.8) is 0 Å². The second-order valence-electron chi connectivity index (χ2n) is 3.24. The fraction of sp³-hybridized carbons (Fsp3) is 0.333. The number of hydrogen-bond donors (Lipinski definition) is 1. The first kappa shape index (κ1) is 14.3. The molecule has 0 bridgehead atoms. The van der Waals surface area contributed by atoms with E-state index in [2.05, 4.69) is 15.9 Å². The van der Waals surface area contributed by atoms with Gasteiger partial charge in [0.2, 0.25) is 0 Å². The van der Waals surface area contributed by atoms with Gasteiger partial charge in [0.15, 0.2) is 0 Å². The van der Waals surface area contributed by atoms with Crippen LogP contribution in [0, 0.1) is 11.6 Å². The van der Waals surface area contributed by atoms with E-state index in [1.165, 1.54) is 0 Å². The average molecular weight is 322 g/mol. The maximum absolute atomic E-state index is 13.2. The van der Waals surface area contributed by atoms with E-state index in [0.717, 1.165) is 0 Å². The Labute approximate surface area is 101 Å². The molecule has 0 aliphatic rings. The Morgan fingerprint density at radius 3 is 2.12 bits per heavy atom. The summed E-state index contributed by atoms with van der Waals surface area (Å²) >= 11 is 2.62. The van der Waals surface area contributed by atoms with E-state index in [-0.39, 0.29) is 4.47 Å². The number of alkyl halides is 4. The molecule has 1 aromatic carbocycles. The lowest BCUT2D eigenvalue weighted by Crippen LogP contribution is -2.39. The minimum atomic E-state index is -4.64. The summed E-state index contributed by atoms with van der Waals surface area (Å²) < 4.78 is 75.6. The first-order valence-corrected chi connectivity index (χ1v) is 5.03. The van der Waals surface area contributed by atoms with Gasteiger partial charge >= 0.3 is 12.3 Å². The maximum atomic E-state index is 13.2. The van der Waals surface area contributed by atoms with E-state index < -0.39 is 35.6 Å². The highest BCUT2D eigenvalue weighted by atomic mass is 79.9. The van der Waals surface area contributed by atoms with Crippen LogP contribution < -0.4 is 5.73 Å². The quantitative estimate of drug-likeness (QED) is 0.667. The van der Waals surface area contributed by atoms with Crippen LogP contribution in [0.4, 0.5) is 26.3 Å². The molecule has 17 heavy (non-hydrogen) atoms. The topological polar surface area (TPSA) is 26.0 Å². The van der Waals surface area contributed by atoms with E-state index in [0.29, 0.717) is 12.1 Å². The number of hydrogen-bond acceptors (Lipinski definition) is 1. The van der Waals surface area contributed by atoms with Crippen molar-refractivity contribution in [2.75, 3.05) is 0 Å². The molecule has 1 atom stereocenters. The summed E-state index contributed by atoms with van der Waals surface area (Å²) in [5.41, 5.74) is 3.84. The van der Waals surface area contributed by atoms with Crippen molar-refractivity contribution in [2.24, 2.45) is 5.73 Å². The molecule has 0 aromatic heterocycles. The minimum Gasteiger partial charge on any atom is -0.319 e. The molecule has 1 aromatic rings. The fourth-order valence-corrected chi connectivity index (χ4v) is 1.43. The van der Waals surface area contributed by atoms with Crippen LogP contribution in [0.2, 0.25) is 0 Å². The Balaban J connectivity index is 3.21. The summed E-state index contributed by atoms with van der Waals surface area (Å²) in [4.78, 5) is 0. The summed E-state index contributed by atoms with van der Waals surface area (Å²) in [5.74, 6) is -6.99. The van der Waals surface area contributed by atoms with E-state index in [4.69, 9.17) is 5.73 Å². The normalized spacial score (nSPS) is 14.2. The fourth-order valence-electron chi connectivity index (χ4n) is 1.12. The van der Waals surface area contributed by atoms with E-state index in [1.54, 1.807) is 0 Å². The van der Waals surface area contributed by atoms with Gasteiger partial charge in [-0.1, -0.05) is 0 Å². The molecule has 0 amide bonds. The van der Waals surface area contributed by atoms with Gasteiger partial charge in [0.25, 0.3) is 0 Å². The van der Waals surface area contributed by atoms with Gasteiger partial charge in [0.05, 0.1) is 4.47 Å². The number of benzene rings is 1. The van der Waals surface area contributed by atoms with Gasteiger partial charge in [-0.25, -0.2) is 17.6 Å². The summed E-state index contributed by atoms with van der Waals surface area (Å²) in [6.07, 6.45) is -4.07. The van der Waals surface area contributed by atoms with Crippen LogP contribution >= 0.6 is 15.9 Å². The molecule has 0 spiro atoms. The van der Waals surface area contributed by atoms with Crippen LogP contribution in [0.5, 0.6) is 0 Å². The zero-order chi connectivity index (χ0) is 13.4. The molecule has 2 N–H and O–H groups in total.